The second-order valence-electron chi connectivity index (χ2n) is 3.87. The predicted octanol–water partition coefficient (Wildman–Crippen LogP) is 1.11. The minimum absolute atomic E-state index is 0.0366. The molecular weight excluding hydrogens is 202 g/mol. The van der Waals surface area contributed by atoms with Gasteiger partial charge in [0.25, 0.3) is 0 Å². The van der Waals surface area contributed by atoms with Gasteiger partial charge in [0, 0.05) is 20.1 Å². The number of anilines is 1. The van der Waals surface area contributed by atoms with E-state index in [-0.39, 0.29) is 5.92 Å². The zero-order valence-electron chi connectivity index (χ0n) is 9.94. The largest absolute Gasteiger partial charge is 0.372 e. The molecule has 0 bridgehead atoms. The summed E-state index contributed by atoms with van der Waals surface area (Å²) in [6, 6.07) is 2.21. The van der Waals surface area contributed by atoms with E-state index in [1.807, 2.05) is 21.0 Å². The first-order chi connectivity index (χ1) is 7.65. The van der Waals surface area contributed by atoms with Crippen molar-refractivity contribution in [3.8, 4) is 6.07 Å². The molecule has 0 aliphatic rings. The van der Waals surface area contributed by atoms with Crippen molar-refractivity contribution in [1.82, 2.24) is 14.9 Å². The lowest BCUT2D eigenvalue weighted by Gasteiger charge is -2.16. The smallest absolute Gasteiger partial charge is 0.144 e. The van der Waals surface area contributed by atoms with Gasteiger partial charge in [-0.1, -0.05) is 0 Å². The summed E-state index contributed by atoms with van der Waals surface area (Å²) in [5.41, 5.74) is 0.909. The highest BCUT2D eigenvalue weighted by molar-refractivity contribution is 5.29. The Kier molecular flexibility index (Phi) is 4.67. The van der Waals surface area contributed by atoms with Gasteiger partial charge in [-0.05, 0) is 14.0 Å². The average molecular weight is 219 g/mol. The molecule has 1 unspecified atom stereocenters. The van der Waals surface area contributed by atoms with Gasteiger partial charge in [0.2, 0.25) is 0 Å². The van der Waals surface area contributed by atoms with Crippen LogP contribution < -0.4 is 5.32 Å². The number of nitrogens with one attached hydrogen (secondary N) is 1. The Labute approximate surface area is 96.1 Å². The van der Waals surface area contributed by atoms with Crippen molar-refractivity contribution in [3.63, 3.8) is 0 Å². The van der Waals surface area contributed by atoms with Crippen LogP contribution in [0, 0.1) is 17.2 Å². The van der Waals surface area contributed by atoms with Gasteiger partial charge in [-0.15, -0.1) is 0 Å². The summed E-state index contributed by atoms with van der Waals surface area (Å²) < 4.78 is 0. The Morgan fingerprint density at radius 3 is 2.75 bits per heavy atom. The average Bonchev–Trinajstić information content (AvgIpc) is 2.29. The summed E-state index contributed by atoms with van der Waals surface area (Å²) in [6.45, 7) is 3.36. The quantitative estimate of drug-likeness (QED) is 0.803. The third-order valence-electron chi connectivity index (χ3n) is 2.20. The molecule has 0 aliphatic heterocycles. The number of rotatable bonds is 5. The van der Waals surface area contributed by atoms with Crippen LogP contribution in [-0.2, 0) is 6.54 Å². The Morgan fingerprint density at radius 1 is 1.50 bits per heavy atom. The monoisotopic (exact) mass is 219 g/mol. The van der Waals surface area contributed by atoms with Crippen molar-refractivity contribution in [3.05, 3.63) is 18.1 Å². The Hall–Kier alpha value is -1.67. The third-order valence-corrected chi connectivity index (χ3v) is 2.20. The molecule has 0 radical (unpaired) electrons. The van der Waals surface area contributed by atoms with E-state index in [9.17, 15) is 0 Å². The number of hydrogen-bond acceptors (Lipinski definition) is 5. The van der Waals surface area contributed by atoms with E-state index in [0.717, 1.165) is 18.1 Å². The summed E-state index contributed by atoms with van der Waals surface area (Å²) in [5.74, 6) is 0.798. The molecule has 1 rings (SSSR count). The fourth-order valence-corrected chi connectivity index (χ4v) is 1.41. The van der Waals surface area contributed by atoms with Crippen molar-refractivity contribution in [2.24, 2.45) is 5.92 Å². The minimum Gasteiger partial charge on any atom is -0.372 e. The van der Waals surface area contributed by atoms with E-state index in [1.165, 1.54) is 0 Å². The second kappa shape index (κ2) is 6.03. The normalized spacial score (nSPS) is 12.2. The van der Waals surface area contributed by atoms with E-state index < -0.39 is 0 Å². The summed E-state index contributed by atoms with van der Waals surface area (Å²) in [5, 5.41) is 11.6. The minimum atomic E-state index is 0.0366. The van der Waals surface area contributed by atoms with Gasteiger partial charge in [-0.25, -0.2) is 4.98 Å². The van der Waals surface area contributed by atoms with Crippen molar-refractivity contribution < 1.29 is 0 Å². The van der Waals surface area contributed by atoms with E-state index in [1.54, 1.807) is 12.4 Å². The Morgan fingerprint density at radius 2 is 2.25 bits per heavy atom. The zero-order chi connectivity index (χ0) is 12.0. The molecular formula is C11H17N5. The molecule has 0 aromatic carbocycles. The van der Waals surface area contributed by atoms with Crippen LogP contribution in [0.15, 0.2) is 12.4 Å². The van der Waals surface area contributed by atoms with Gasteiger partial charge in [-0.3, -0.25) is 9.88 Å². The highest BCUT2D eigenvalue weighted by Crippen LogP contribution is 2.04. The Bertz CT molecular complexity index is 354. The predicted molar refractivity (Wildman–Crippen MR) is 62.7 cm³/mol. The van der Waals surface area contributed by atoms with Crippen molar-refractivity contribution in [1.29, 1.82) is 5.26 Å². The van der Waals surface area contributed by atoms with Crippen LogP contribution in [0.25, 0.3) is 0 Å². The zero-order valence-corrected chi connectivity index (χ0v) is 9.94. The number of hydrogen-bond donors (Lipinski definition) is 1. The lowest BCUT2D eigenvalue weighted by Crippen LogP contribution is -2.23. The van der Waals surface area contributed by atoms with Crippen molar-refractivity contribution in [2.75, 3.05) is 26.0 Å². The van der Waals surface area contributed by atoms with Crippen LogP contribution in [0.4, 0.5) is 5.82 Å². The summed E-state index contributed by atoms with van der Waals surface area (Å²) in [7, 11) is 3.78. The highest BCUT2D eigenvalue weighted by Gasteiger charge is 2.06. The van der Waals surface area contributed by atoms with Gasteiger partial charge in [0.15, 0.2) is 0 Å². The first kappa shape index (κ1) is 12.4. The lowest BCUT2D eigenvalue weighted by atomic mass is 10.2. The molecule has 0 spiro atoms. The van der Waals surface area contributed by atoms with E-state index in [4.69, 9.17) is 5.26 Å². The van der Waals surface area contributed by atoms with Gasteiger partial charge in [0.05, 0.1) is 30.1 Å². The molecule has 5 heteroatoms. The van der Waals surface area contributed by atoms with Gasteiger partial charge >= 0.3 is 0 Å². The summed E-state index contributed by atoms with van der Waals surface area (Å²) in [4.78, 5) is 10.5. The van der Waals surface area contributed by atoms with E-state index >= 15 is 0 Å². The van der Waals surface area contributed by atoms with E-state index in [0.29, 0.717) is 6.54 Å². The third kappa shape index (κ3) is 3.83. The Balaban J connectivity index is 2.50. The fraction of sp³-hybridized carbons (Fsp3) is 0.545. The highest BCUT2D eigenvalue weighted by atomic mass is 15.1. The molecule has 5 nitrogen and oxygen atoms in total. The molecule has 0 fully saturated rings. The van der Waals surface area contributed by atoms with Gasteiger partial charge in [0.1, 0.15) is 5.82 Å². The van der Waals surface area contributed by atoms with Crippen LogP contribution in [0.2, 0.25) is 0 Å². The number of nitriles is 1. The molecule has 1 atom stereocenters. The maximum Gasteiger partial charge on any atom is 0.144 e. The topological polar surface area (TPSA) is 64.8 Å². The lowest BCUT2D eigenvalue weighted by molar-refractivity contribution is 0.299. The SMILES string of the molecule is CNc1cnc(CN(C)CC(C)C#N)cn1. The summed E-state index contributed by atoms with van der Waals surface area (Å²) >= 11 is 0. The molecule has 16 heavy (non-hydrogen) atoms. The van der Waals surface area contributed by atoms with Crippen LogP contribution in [0.3, 0.4) is 0 Å². The molecule has 86 valence electrons. The van der Waals surface area contributed by atoms with E-state index in [2.05, 4.69) is 26.3 Å². The van der Waals surface area contributed by atoms with Crippen LogP contribution in [0.1, 0.15) is 12.6 Å². The fourth-order valence-electron chi connectivity index (χ4n) is 1.41. The maximum absolute atomic E-state index is 8.71. The first-order valence-electron chi connectivity index (χ1n) is 5.22. The number of aromatic nitrogens is 2. The van der Waals surface area contributed by atoms with Gasteiger partial charge in [-0.2, -0.15) is 5.26 Å². The van der Waals surface area contributed by atoms with Crippen molar-refractivity contribution >= 4 is 5.82 Å². The molecule has 0 amide bonds. The molecule has 1 aromatic rings. The molecule has 0 aliphatic carbocycles. The molecule has 0 saturated heterocycles. The van der Waals surface area contributed by atoms with Crippen LogP contribution >= 0.6 is 0 Å². The molecule has 1 N–H and O–H groups in total. The molecule has 0 saturated carbocycles. The standard InChI is InChI=1S/C11H17N5/c1-9(4-12)7-16(3)8-10-5-15-11(13-2)6-14-10/h5-6,9H,7-8H2,1-3H3,(H,13,15). The molecule has 1 heterocycles. The second-order valence-corrected chi connectivity index (χ2v) is 3.87. The van der Waals surface area contributed by atoms with Crippen LogP contribution in [-0.4, -0.2) is 35.5 Å². The van der Waals surface area contributed by atoms with Gasteiger partial charge < -0.3 is 5.32 Å². The molecule has 1 aromatic heterocycles. The van der Waals surface area contributed by atoms with Crippen molar-refractivity contribution in [2.45, 2.75) is 13.5 Å². The first-order valence-corrected chi connectivity index (χ1v) is 5.22. The summed E-state index contributed by atoms with van der Waals surface area (Å²) in [6.07, 6.45) is 3.45. The number of nitrogens with zero attached hydrogens (tertiary/aromatic N) is 4. The maximum atomic E-state index is 8.71. The van der Waals surface area contributed by atoms with Crippen LogP contribution in [0.5, 0.6) is 0 Å².